The number of nitrogens with one attached hydrogen (secondary N) is 2. The first-order valence-electron chi connectivity index (χ1n) is 10.1. The molecule has 0 bridgehead atoms. The first kappa shape index (κ1) is 20.5. The topological polar surface area (TPSA) is 83.1 Å². The van der Waals surface area contributed by atoms with E-state index >= 15 is 0 Å². The molecule has 158 valence electrons. The molecule has 1 saturated heterocycles. The number of carbonyl (C=O) groups is 1. The molecule has 0 atom stereocenters. The number of halogens is 1. The van der Waals surface area contributed by atoms with Gasteiger partial charge in [0.2, 0.25) is 5.95 Å². The Hall–Kier alpha value is -2.80. The molecule has 30 heavy (non-hydrogen) atoms. The number of H-pyrrole nitrogens is 1. The minimum atomic E-state index is -0.484. The smallest absolute Gasteiger partial charge is 0.410 e. The lowest BCUT2D eigenvalue weighted by molar-refractivity contribution is 0.0210. The third kappa shape index (κ3) is 4.51. The highest BCUT2D eigenvalue weighted by Crippen LogP contribution is 2.32. The Morgan fingerprint density at radius 1 is 1.27 bits per heavy atom. The molecule has 1 amide bonds. The number of nitrogens with zero attached hydrogens (tertiary/aromatic N) is 3. The van der Waals surface area contributed by atoms with E-state index in [-0.39, 0.29) is 12.1 Å². The van der Waals surface area contributed by atoms with Crippen LogP contribution in [0.1, 0.15) is 33.6 Å². The van der Waals surface area contributed by atoms with E-state index in [0.717, 1.165) is 29.3 Å². The van der Waals surface area contributed by atoms with Gasteiger partial charge in [-0.3, -0.25) is 0 Å². The monoisotopic (exact) mass is 427 g/mol. The van der Waals surface area contributed by atoms with E-state index in [0.29, 0.717) is 29.8 Å². The number of anilines is 1. The van der Waals surface area contributed by atoms with Crippen LogP contribution in [-0.4, -0.2) is 50.7 Å². The van der Waals surface area contributed by atoms with Gasteiger partial charge in [-0.05, 0) is 39.7 Å². The molecule has 0 spiro atoms. The van der Waals surface area contributed by atoms with Crippen LogP contribution in [0.15, 0.2) is 36.7 Å². The molecule has 4 rings (SSSR count). The number of carbonyl (C=O) groups excluding carboxylic acids is 1. The first-order chi connectivity index (χ1) is 14.3. The summed E-state index contributed by atoms with van der Waals surface area (Å²) in [7, 11) is 0. The molecule has 2 N–H and O–H groups in total. The Bertz CT molecular complexity index is 1050. The summed E-state index contributed by atoms with van der Waals surface area (Å²) < 4.78 is 5.46. The first-order valence-corrected chi connectivity index (χ1v) is 10.5. The molecule has 2 aromatic heterocycles. The van der Waals surface area contributed by atoms with Crippen molar-refractivity contribution in [1.29, 1.82) is 0 Å². The molecular weight excluding hydrogens is 402 g/mol. The molecule has 3 heterocycles. The van der Waals surface area contributed by atoms with Crippen molar-refractivity contribution in [2.45, 2.75) is 45.3 Å². The van der Waals surface area contributed by atoms with Crippen LogP contribution in [0.4, 0.5) is 10.7 Å². The van der Waals surface area contributed by atoms with Crippen LogP contribution in [0.25, 0.3) is 22.2 Å². The van der Waals surface area contributed by atoms with Crippen LogP contribution in [0.5, 0.6) is 0 Å². The number of ether oxygens (including phenoxy) is 1. The second-order valence-electron chi connectivity index (χ2n) is 8.52. The van der Waals surface area contributed by atoms with Crippen molar-refractivity contribution in [3.05, 3.63) is 41.7 Å². The normalized spacial score (nSPS) is 15.4. The Morgan fingerprint density at radius 2 is 2.00 bits per heavy atom. The molecule has 0 unspecified atom stereocenters. The number of aromatic amines is 1. The van der Waals surface area contributed by atoms with Crippen molar-refractivity contribution < 1.29 is 9.53 Å². The fraction of sp³-hybridized carbons (Fsp3) is 0.409. The molecule has 1 aliphatic heterocycles. The van der Waals surface area contributed by atoms with Gasteiger partial charge < -0.3 is 19.9 Å². The third-order valence-electron chi connectivity index (χ3n) is 5.07. The summed E-state index contributed by atoms with van der Waals surface area (Å²) in [6, 6.07) is 8.22. The number of hydrogen-bond donors (Lipinski definition) is 2. The van der Waals surface area contributed by atoms with Crippen LogP contribution < -0.4 is 5.32 Å². The summed E-state index contributed by atoms with van der Waals surface area (Å²) >= 11 is 6.41. The minimum Gasteiger partial charge on any atom is -0.444 e. The standard InChI is InChI=1S/C22H26ClN5O2/c1-22(2,3)30-21(29)28-10-8-14(9-11-28)26-20-25-13-17(23)19(27-20)16-12-24-18-7-5-4-6-15(16)18/h4-7,12-14,24H,8-11H2,1-3H3,(H,25,26,27). The van der Waals surface area contributed by atoms with Gasteiger partial charge in [-0.25, -0.2) is 14.8 Å². The lowest BCUT2D eigenvalue weighted by Crippen LogP contribution is -2.44. The highest BCUT2D eigenvalue weighted by molar-refractivity contribution is 6.33. The van der Waals surface area contributed by atoms with E-state index in [4.69, 9.17) is 16.3 Å². The van der Waals surface area contributed by atoms with E-state index < -0.39 is 5.60 Å². The SMILES string of the molecule is CC(C)(C)OC(=O)N1CCC(Nc2ncc(Cl)c(-c3c[nH]c4ccccc34)n2)CC1. The number of amides is 1. The number of para-hydroxylation sites is 1. The number of piperidine rings is 1. The van der Waals surface area contributed by atoms with Crippen molar-refractivity contribution >= 4 is 34.5 Å². The number of rotatable bonds is 3. The molecule has 1 fully saturated rings. The summed E-state index contributed by atoms with van der Waals surface area (Å²) in [5, 5.41) is 4.97. The number of hydrogen-bond acceptors (Lipinski definition) is 5. The summed E-state index contributed by atoms with van der Waals surface area (Å²) in [6.07, 6.45) is 4.89. The number of likely N-dealkylation sites (tertiary alicyclic amines) is 1. The summed E-state index contributed by atoms with van der Waals surface area (Å²) in [4.78, 5) is 26.3. The fourth-order valence-corrected chi connectivity index (χ4v) is 3.80. The molecule has 7 nitrogen and oxygen atoms in total. The van der Waals surface area contributed by atoms with Gasteiger partial charge in [-0.1, -0.05) is 29.8 Å². The number of fused-ring (bicyclic) bond motifs is 1. The molecule has 8 heteroatoms. The van der Waals surface area contributed by atoms with Gasteiger partial charge in [0.1, 0.15) is 5.60 Å². The maximum atomic E-state index is 12.2. The largest absolute Gasteiger partial charge is 0.444 e. The van der Waals surface area contributed by atoms with Gasteiger partial charge in [0.15, 0.2) is 0 Å². The van der Waals surface area contributed by atoms with Gasteiger partial charge in [-0.15, -0.1) is 0 Å². The molecule has 0 aliphatic carbocycles. The summed E-state index contributed by atoms with van der Waals surface area (Å²) in [5.74, 6) is 0.537. The maximum Gasteiger partial charge on any atom is 0.410 e. The molecule has 0 saturated carbocycles. The minimum absolute atomic E-state index is 0.181. The van der Waals surface area contributed by atoms with E-state index in [1.807, 2.05) is 51.2 Å². The second-order valence-corrected chi connectivity index (χ2v) is 8.93. The van der Waals surface area contributed by atoms with Gasteiger partial charge in [0.05, 0.1) is 16.9 Å². The lowest BCUT2D eigenvalue weighted by Gasteiger charge is -2.33. The average Bonchev–Trinajstić information content (AvgIpc) is 3.13. The quantitative estimate of drug-likeness (QED) is 0.608. The molecule has 1 aliphatic rings. The van der Waals surface area contributed by atoms with Crippen LogP contribution in [0, 0.1) is 0 Å². The van der Waals surface area contributed by atoms with Crippen molar-refractivity contribution in [2.75, 3.05) is 18.4 Å². The Balaban J connectivity index is 1.44. The van der Waals surface area contributed by atoms with Gasteiger partial charge >= 0.3 is 6.09 Å². The number of aromatic nitrogens is 3. The van der Waals surface area contributed by atoms with E-state index in [1.54, 1.807) is 11.1 Å². The van der Waals surface area contributed by atoms with Gasteiger partial charge in [-0.2, -0.15) is 0 Å². The molecular formula is C22H26ClN5O2. The fourth-order valence-electron chi connectivity index (χ4n) is 3.61. The van der Waals surface area contributed by atoms with Gasteiger partial charge in [0.25, 0.3) is 0 Å². The van der Waals surface area contributed by atoms with Gasteiger partial charge in [0, 0.05) is 41.8 Å². The second kappa shape index (κ2) is 8.14. The average molecular weight is 428 g/mol. The zero-order valence-electron chi connectivity index (χ0n) is 17.4. The van der Waals surface area contributed by atoms with Crippen molar-refractivity contribution in [1.82, 2.24) is 19.9 Å². The van der Waals surface area contributed by atoms with E-state index in [2.05, 4.69) is 20.3 Å². The maximum absolute atomic E-state index is 12.2. The zero-order chi connectivity index (χ0) is 21.3. The lowest BCUT2D eigenvalue weighted by atomic mass is 10.1. The Kier molecular flexibility index (Phi) is 5.56. The Labute approximate surface area is 180 Å². The highest BCUT2D eigenvalue weighted by atomic mass is 35.5. The van der Waals surface area contributed by atoms with Crippen LogP contribution in [0.3, 0.4) is 0 Å². The van der Waals surface area contributed by atoms with E-state index in [1.165, 1.54) is 0 Å². The Morgan fingerprint density at radius 3 is 2.73 bits per heavy atom. The molecule has 0 radical (unpaired) electrons. The van der Waals surface area contributed by atoms with Crippen LogP contribution >= 0.6 is 11.6 Å². The van der Waals surface area contributed by atoms with Crippen molar-refractivity contribution in [2.24, 2.45) is 0 Å². The summed E-state index contributed by atoms with van der Waals surface area (Å²) in [5.41, 5.74) is 2.19. The molecule has 3 aromatic rings. The summed E-state index contributed by atoms with van der Waals surface area (Å²) in [6.45, 7) is 6.90. The predicted molar refractivity (Wildman–Crippen MR) is 119 cm³/mol. The molecule has 1 aromatic carbocycles. The third-order valence-corrected chi connectivity index (χ3v) is 5.34. The number of benzene rings is 1. The van der Waals surface area contributed by atoms with E-state index in [9.17, 15) is 4.79 Å². The highest BCUT2D eigenvalue weighted by Gasteiger charge is 2.27. The van der Waals surface area contributed by atoms with Crippen LogP contribution in [0.2, 0.25) is 5.02 Å². The van der Waals surface area contributed by atoms with Crippen LogP contribution in [-0.2, 0) is 4.74 Å². The zero-order valence-corrected chi connectivity index (χ0v) is 18.2. The van der Waals surface area contributed by atoms with Crippen molar-refractivity contribution in [3.8, 4) is 11.3 Å². The predicted octanol–water partition coefficient (Wildman–Crippen LogP) is 5.09. The van der Waals surface area contributed by atoms with Crippen molar-refractivity contribution in [3.63, 3.8) is 0 Å².